The molecule has 8 aromatic rings. The molecule has 0 unspecified atom stereocenters. The van der Waals surface area contributed by atoms with E-state index in [0.717, 1.165) is 55.0 Å². The minimum absolute atomic E-state index is 0.0453. The molecule has 0 fully saturated rings. The standard InChI is InChI=1S/2C18H15N3O/c1-2-21-16-6-4-3-5-15(16)20-17(18(21)22)13-7-8-14-12(11-13)9-10-19-14;1-2-21-16-6-4-3-5-14(16)20-17(18(21)22)13-8-7-12-9-10-19-15(12)11-13/h2*3-11,19H,2H2,1H3. The maximum Gasteiger partial charge on any atom is 0.277 e. The van der Waals surface area contributed by atoms with Crippen molar-refractivity contribution < 1.29 is 0 Å². The highest BCUT2D eigenvalue weighted by atomic mass is 16.1. The van der Waals surface area contributed by atoms with Crippen LogP contribution in [0.25, 0.3) is 66.4 Å². The summed E-state index contributed by atoms with van der Waals surface area (Å²) in [6.45, 7) is 5.21. The molecule has 0 atom stereocenters. The first-order valence-electron chi connectivity index (χ1n) is 14.7. The summed E-state index contributed by atoms with van der Waals surface area (Å²) in [7, 11) is 0. The summed E-state index contributed by atoms with van der Waals surface area (Å²) in [5, 5.41) is 2.20. The minimum Gasteiger partial charge on any atom is -0.361 e. The zero-order valence-corrected chi connectivity index (χ0v) is 24.4. The molecule has 0 radical (unpaired) electrons. The van der Waals surface area contributed by atoms with E-state index in [4.69, 9.17) is 0 Å². The third kappa shape index (κ3) is 4.66. The lowest BCUT2D eigenvalue weighted by Crippen LogP contribution is -2.22. The van der Waals surface area contributed by atoms with Crippen LogP contribution in [0.1, 0.15) is 13.8 Å². The van der Waals surface area contributed by atoms with Gasteiger partial charge in [0.1, 0.15) is 11.4 Å². The number of para-hydroxylation sites is 4. The van der Waals surface area contributed by atoms with E-state index in [-0.39, 0.29) is 11.1 Å². The van der Waals surface area contributed by atoms with Gasteiger partial charge in [0.25, 0.3) is 11.1 Å². The van der Waals surface area contributed by atoms with Gasteiger partial charge in [-0.25, -0.2) is 9.97 Å². The second kappa shape index (κ2) is 11.1. The van der Waals surface area contributed by atoms with Gasteiger partial charge in [0.15, 0.2) is 0 Å². The third-order valence-corrected chi connectivity index (χ3v) is 7.99. The lowest BCUT2D eigenvalue weighted by atomic mass is 10.1. The van der Waals surface area contributed by atoms with E-state index >= 15 is 0 Å². The van der Waals surface area contributed by atoms with Crippen LogP contribution in [0.5, 0.6) is 0 Å². The van der Waals surface area contributed by atoms with E-state index in [1.807, 2.05) is 123 Å². The van der Waals surface area contributed by atoms with Crippen LogP contribution in [0.2, 0.25) is 0 Å². The Balaban J connectivity index is 0.000000142. The van der Waals surface area contributed by atoms with Gasteiger partial charge in [-0.3, -0.25) is 9.59 Å². The number of benzene rings is 4. The number of fused-ring (bicyclic) bond motifs is 4. The summed E-state index contributed by atoms with van der Waals surface area (Å²) in [4.78, 5) is 41.1. The van der Waals surface area contributed by atoms with E-state index in [2.05, 4.69) is 19.9 Å². The number of aryl methyl sites for hydroxylation is 2. The Hall–Kier alpha value is -5.76. The average molecular weight is 579 g/mol. The fourth-order valence-electron chi connectivity index (χ4n) is 5.78. The van der Waals surface area contributed by atoms with Crippen molar-refractivity contribution in [2.24, 2.45) is 0 Å². The molecule has 0 saturated heterocycles. The molecule has 0 spiro atoms. The SMILES string of the molecule is CCn1c(=O)c(-c2ccc3[nH]ccc3c2)nc2ccccc21.CCn1c(=O)c(-c2ccc3cc[nH]c3c2)nc2ccccc21. The molecule has 0 bridgehead atoms. The highest BCUT2D eigenvalue weighted by Crippen LogP contribution is 2.23. The second-order valence-electron chi connectivity index (χ2n) is 10.6. The molecule has 0 aliphatic heterocycles. The number of rotatable bonds is 4. The fourth-order valence-corrected chi connectivity index (χ4v) is 5.78. The quantitative estimate of drug-likeness (QED) is 0.232. The van der Waals surface area contributed by atoms with Crippen molar-refractivity contribution in [1.82, 2.24) is 29.1 Å². The monoisotopic (exact) mass is 578 g/mol. The molecule has 4 aromatic heterocycles. The van der Waals surface area contributed by atoms with Crippen LogP contribution in [0.4, 0.5) is 0 Å². The average Bonchev–Trinajstić information content (AvgIpc) is 3.73. The Morgan fingerprint density at radius 2 is 1.09 bits per heavy atom. The zero-order chi connectivity index (χ0) is 30.2. The maximum absolute atomic E-state index is 12.8. The summed E-state index contributed by atoms with van der Waals surface area (Å²) in [5.74, 6) is 0. The van der Waals surface area contributed by atoms with E-state index in [0.29, 0.717) is 24.5 Å². The predicted molar refractivity (Wildman–Crippen MR) is 178 cm³/mol. The Bertz CT molecular complexity index is 2260. The molecular formula is C36H30N6O2. The van der Waals surface area contributed by atoms with Crippen molar-refractivity contribution in [2.45, 2.75) is 26.9 Å². The fraction of sp³-hybridized carbons (Fsp3) is 0.111. The molecule has 8 nitrogen and oxygen atoms in total. The van der Waals surface area contributed by atoms with Gasteiger partial charge in [0, 0.05) is 53.0 Å². The van der Waals surface area contributed by atoms with Crippen molar-refractivity contribution in [2.75, 3.05) is 0 Å². The van der Waals surface area contributed by atoms with Gasteiger partial charge in [0.2, 0.25) is 0 Å². The summed E-state index contributed by atoms with van der Waals surface area (Å²) in [6, 6.07) is 31.4. The van der Waals surface area contributed by atoms with Crippen LogP contribution in [0.3, 0.4) is 0 Å². The van der Waals surface area contributed by atoms with Crippen LogP contribution >= 0.6 is 0 Å². The highest BCUT2D eigenvalue weighted by molar-refractivity contribution is 5.86. The van der Waals surface area contributed by atoms with Gasteiger partial charge in [-0.1, -0.05) is 42.5 Å². The minimum atomic E-state index is -0.0490. The number of nitrogens with zero attached hydrogens (tertiary/aromatic N) is 4. The van der Waals surface area contributed by atoms with Crippen molar-refractivity contribution in [3.8, 4) is 22.5 Å². The molecule has 0 aliphatic rings. The molecule has 0 amide bonds. The number of aromatic nitrogens is 6. The molecule has 4 heterocycles. The van der Waals surface area contributed by atoms with Gasteiger partial charge < -0.3 is 19.1 Å². The van der Waals surface area contributed by atoms with Gasteiger partial charge in [0.05, 0.1) is 22.1 Å². The van der Waals surface area contributed by atoms with Crippen LogP contribution in [0.15, 0.2) is 119 Å². The van der Waals surface area contributed by atoms with Crippen molar-refractivity contribution >= 4 is 43.9 Å². The lowest BCUT2D eigenvalue weighted by Gasteiger charge is -2.10. The third-order valence-electron chi connectivity index (χ3n) is 7.99. The molecule has 216 valence electrons. The lowest BCUT2D eigenvalue weighted by molar-refractivity contribution is 0.756. The van der Waals surface area contributed by atoms with Crippen LogP contribution < -0.4 is 11.1 Å². The second-order valence-corrected chi connectivity index (χ2v) is 10.6. The first kappa shape index (κ1) is 27.1. The molecular weight excluding hydrogens is 548 g/mol. The predicted octanol–water partition coefficient (Wildman–Crippen LogP) is 7.13. The van der Waals surface area contributed by atoms with E-state index in [1.54, 1.807) is 9.13 Å². The largest absolute Gasteiger partial charge is 0.361 e. The number of nitrogens with one attached hydrogen (secondary N) is 2. The summed E-state index contributed by atoms with van der Waals surface area (Å²) >= 11 is 0. The van der Waals surface area contributed by atoms with Crippen molar-refractivity contribution in [3.63, 3.8) is 0 Å². The topological polar surface area (TPSA) is 101 Å². The molecule has 0 saturated carbocycles. The van der Waals surface area contributed by atoms with E-state index < -0.39 is 0 Å². The van der Waals surface area contributed by atoms with Crippen molar-refractivity contribution in [1.29, 1.82) is 0 Å². The Kier molecular flexibility index (Phi) is 6.86. The Labute approximate surface area is 252 Å². The van der Waals surface area contributed by atoms with Gasteiger partial charge in [-0.05, 0) is 73.8 Å². The van der Waals surface area contributed by atoms with Gasteiger partial charge in [-0.2, -0.15) is 0 Å². The first-order valence-corrected chi connectivity index (χ1v) is 14.7. The molecule has 4 aromatic carbocycles. The van der Waals surface area contributed by atoms with Crippen molar-refractivity contribution in [3.05, 3.63) is 130 Å². The number of hydrogen-bond acceptors (Lipinski definition) is 4. The number of hydrogen-bond donors (Lipinski definition) is 2. The molecule has 8 rings (SSSR count). The normalized spacial score (nSPS) is 11.3. The van der Waals surface area contributed by atoms with E-state index in [9.17, 15) is 9.59 Å². The number of aromatic amines is 2. The summed E-state index contributed by atoms with van der Waals surface area (Å²) in [6.07, 6.45) is 3.79. The smallest absolute Gasteiger partial charge is 0.277 e. The summed E-state index contributed by atoms with van der Waals surface area (Å²) < 4.78 is 3.55. The summed E-state index contributed by atoms with van der Waals surface area (Å²) in [5.41, 5.74) is 8.09. The molecule has 44 heavy (non-hydrogen) atoms. The molecule has 8 heteroatoms. The molecule has 0 aliphatic carbocycles. The van der Waals surface area contributed by atoms with Crippen LogP contribution in [-0.4, -0.2) is 29.1 Å². The highest BCUT2D eigenvalue weighted by Gasteiger charge is 2.13. The van der Waals surface area contributed by atoms with Gasteiger partial charge in [-0.15, -0.1) is 0 Å². The van der Waals surface area contributed by atoms with E-state index in [1.165, 1.54) is 0 Å². The Morgan fingerprint density at radius 3 is 1.70 bits per heavy atom. The molecule has 2 N–H and O–H groups in total. The number of H-pyrrole nitrogens is 2. The Morgan fingerprint density at radius 1 is 0.568 bits per heavy atom. The van der Waals surface area contributed by atoms with Crippen LogP contribution in [-0.2, 0) is 13.1 Å². The zero-order valence-electron chi connectivity index (χ0n) is 24.4. The first-order chi connectivity index (χ1) is 21.6. The van der Waals surface area contributed by atoms with Gasteiger partial charge >= 0.3 is 0 Å². The maximum atomic E-state index is 12.8. The van der Waals surface area contributed by atoms with Crippen LogP contribution in [0, 0.1) is 0 Å².